The zero-order chi connectivity index (χ0) is 9.84. The van der Waals surface area contributed by atoms with Crippen molar-refractivity contribution in [2.24, 2.45) is 0 Å². The topological polar surface area (TPSA) is 97.9 Å². The fourth-order valence-corrected chi connectivity index (χ4v) is 1.18. The number of rotatable bonds is 2. The maximum atomic E-state index is 10.2. The number of hydrogen-bond acceptors (Lipinski definition) is 3. The molecule has 0 saturated heterocycles. The van der Waals surface area contributed by atoms with Crippen molar-refractivity contribution in [2.75, 3.05) is 12.4 Å². The van der Waals surface area contributed by atoms with Crippen molar-refractivity contribution >= 4 is 23.4 Å². The smallest absolute Gasteiger partial charge is 0.160 e. The van der Waals surface area contributed by atoms with Crippen LogP contribution in [0.2, 0.25) is 5.02 Å². The van der Waals surface area contributed by atoms with Gasteiger partial charge in [-0.25, -0.2) is 0 Å². The summed E-state index contributed by atoms with van der Waals surface area (Å²) in [5, 5.41) is 12.6. The van der Waals surface area contributed by atoms with Crippen LogP contribution in [0.15, 0.2) is 18.2 Å². The molecule has 6 heteroatoms. The predicted molar refractivity (Wildman–Crippen MR) is 53.0 cm³/mol. The lowest BCUT2D eigenvalue weighted by Crippen LogP contribution is -2.28. The third-order valence-electron chi connectivity index (χ3n) is 1.41. The molecule has 0 aliphatic heterocycles. The summed E-state index contributed by atoms with van der Waals surface area (Å²) in [7, 11) is 1.40. The lowest BCUT2D eigenvalue weighted by molar-refractivity contribution is -0.242. The molecule has 1 rings (SSSR count). The maximum Gasteiger partial charge on any atom is 0.160 e. The van der Waals surface area contributed by atoms with Gasteiger partial charge in [0.2, 0.25) is 0 Å². The van der Waals surface area contributed by atoms with Crippen molar-refractivity contribution in [3.8, 4) is 5.75 Å². The lowest BCUT2D eigenvalue weighted by Gasteiger charge is -2.11. The third kappa shape index (κ3) is 2.79. The van der Waals surface area contributed by atoms with Crippen molar-refractivity contribution in [3.05, 3.63) is 23.2 Å². The Morgan fingerprint density at radius 2 is 2.21 bits per heavy atom. The van der Waals surface area contributed by atoms with Crippen molar-refractivity contribution in [1.82, 2.24) is 6.15 Å². The molecule has 0 aliphatic rings. The van der Waals surface area contributed by atoms with Gasteiger partial charge in [-0.1, -0.05) is 17.7 Å². The average molecular weight is 219 g/mol. The van der Waals surface area contributed by atoms with Gasteiger partial charge in [0.05, 0.1) is 17.8 Å². The Morgan fingerprint density at radius 1 is 1.57 bits per heavy atom. The van der Waals surface area contributed by atoms with E-state index >= 15 is 0 Å². The summed E-state index contributed by atoms with van der Waals surface area (Å²) in [4.78, 5) is 10.2. The lowest BCUT2D eigenvalue weighted by atomic mass is 10.3. The second-order valence-electron chi connectivity index (χ2n) is 2.23. The molecule has 0 saturated carbocycles. The van der Waals surface area contributed by atoms with Crippen molar-refractivity contribution in [3.63, 3.8) is 0 Å². The van der Waals surface area contributed by atoms with Gasteiger partial charge in [0.1, 0.15) is 6.09 Å². The first kappa shape index (κ1) is 12.5. The van der Waals surface area contributed by atoms with E-state index in [0.717, 1.165) is 0 Å². The molecular weight excluding hydrogens is 208 g/mol. The van der Waals surface area contributed by atoms with E-state index in [1.165, 1.54) is 13.2 Å². The second kappa shape index (κ2) is 5.31. The van der Waals surface area contributed by atoms with E-state index in [1.807, 2.05) is 0 Å². The highest BCUT2D eigenvalue weighted by Crippen LogP contribution is 2.32. The Balaban J connectivity index is 0.00000169. The number of carbonyl (C=O) groups excluding carboxylic acids is 1. The maximum absolute atomic E-state index is 10.2. The highest BCUT2D eigenvalue weighted by atomic mass is 35.5. The van der Waals surface area contributed by atoms with Gasteiger partial charge < -0.3 is 26.1 Å². The van der Waals surface area contributed by atoms with Gasteiger partial charge in [0, 0.05) is 0 Å². The molecule has 1 aromatic rings. The first-order valence-corrected chi connectivity index (χ1v) is 3.83. The standard InChI is InChI=1S/C8H8ClNO3.H3N/c1-13-7-5(9)3-2-4-6(7)10-8(11)12;/h2-4,10H,1H3,(H,11,12);1H3. The molecule has 0 bridgehead atoms. The van der Waals surface area contributed by atoms with Gasteiger partial charge in [0.15, 0.2) is 5.75 Å². The summed E-state index contributed by atoms with van der Waals surface area (Å²) >= 11 is 5.73. The van der Waals surface area contributed by atoms with Crippen molar-refractivity contribution < 1.29 is 14.6 Å². The summed E-state index contributed by atoms with van der Waals surface area (Å²) in [6.07, 6.45) is -1.40. The van der Waals surface area contributed by atoms with E-state index < -0.39 is 6.09 Å². The summed E-state index contributed by atoms with van der Waals surface area (Å²) in [5.74, 6) is 0.286. The quantitative estimate of drug-likeness (QED) is 0.787. The minimum absolute atomic E-state index is 0. The Kier molecular flexibility index (Phi) is 4.76. The van der Waals surface area contributed by atoms with Crippen LogP contribution in [0.4, 0.5) is 10.5 Å². The number of para-hydroxylation sites is 1. The average Bonchev–Trinajstić information content (AvgIpc) is 2.03. The first-order chi connectivity index (χ1) is 6.15. The monoisotopic (exact) mass is 218 g/mol. The number of amides is 1. The van der Waals surface area contributed by atoms with Crippen molar-refractivity contribution in [1.29, 1.82) is 0 Å². The third-order valence-corrected chi connectivity index (χ3v) is 1.71. The summed E-state index contributed by atoms with van der Waals surface area (Å²) in [6.45, 7) is 0. The van der Waals surface area contributed by atoms with E-state index in [9.17, 15) is 9.90 Å². The molecule has 78 valence electrons. The van der Waals surface area contributed by atoms with Gasteiger partial charge >= 0.3 is 0 Å². The second-order valence-corrected chi connectivity index (χ2v) is 2.64. The molecule has 1 amide bonds. The van der Waals surface area contributed by atoms with Crippen LogP contribution in [0, 0.1) is 0 Å². The molecule has 0 unspecified atom stereocenters. The highest BCUT2D eigenvalue weighted by Gasteiger charge is 2.05. The number of benzene rings is 1. The van der Waals surface area contributed by atoms with Gasteiger partial charge in [-0.2, -0.15) is 0 Å². The minimum atomic E-state index is -1.40. The molecule has 5 N–H and O–H groups in total. The minimum Gasteiger partial charge on any atom is -0.530 e. The molecule has 14 heavy (non-hydrogen) atoms. The zero-order valence-electron chi connectivity index (χ0n) is 7.83. The molecular formula is C8H11ClN2O3. The van der Waals surface area contributed by atoms with E-state index in [-0.39, 0.29) is 17.6 Å². The van der Waals surface area contributed by atoms with Gasteiger partial charge in [-0.3, -0.25) is 0 Å². The summed E-state index contributed by atoms with van der Waals surface area (Å²) < 4.78 is 4.89. The van der Waals surface area contributed by atoms with Crippen LogP contribution in [0.3, 0.4) is 0 Å². The van der Waals surface area contributed by atoms with Gasteiger partial charge in [0.25, 0.3) is 0 Å². The molecule has 0 fully saturated rings. The Bertz CT molecular complexity index is 330. The molecule has 0 aliphatic carbocycles. The number of hydrogen-bond donors (Lipinski definition) is 2. The van der Waals surface area contributed by atoms with Crippen LogP contribution < -0.4 is 21.3 Å². The molecule has 0 aromatic heterocycles. The fraction of sp³-hybridized carbons (Fsp3) is 0.125. The van der Waals surface area contributed by atoms with Crippen LogP contribution in [0.5, 0.6) is 5.75 Å². The number of ether oxygens (including phenoxy) is 1. The van der Waals surface area contributed by atoms with Gasteiger partial charge in [-0.15, -0.1) is 0 Å². The van der Waals surface area contributed by atoms with E-state index in [2.05, 4.69) is 5.32 Å². The van der Waals surface area contributed by atoms with Gasteiger partial charge in [-0.05, 0) is 12.1 Å². The summed E-state index contributed by atoms with van der Waals surface area (Å²) in [6, 6.07) is 4.73. The molecule has 0 heterocycles. The Labute approximate surface area is 86.2 Å². The fourth-order valence-electron chi connectivity index (χ4n) is 0.925. The number of quaternary nitrogens is 1. The van der Waals surface area contributed by atoms with E-state index in [1.54, 1.807) is 12.1 Å². The number of nitrogens with one attached hydrogen (secondary N) is 1. The Morgan fingerprint density at radius 3 is 2.71 bits per heavy atom. The highest BCUT2D eigenvalue weighted by molar-refractivity contribution is 6.32. The number of carbonyl (C=O) groups is 1. The molecule has 1 aromatic carbocycles. The Hall–Kier alpha value is -1.46. The van der Waals surface area contributed by atoms with Crippen LogP contribution >= 0.6 is 11.6 Å². The first-order valence-electron chi connectivity index (χ1n) is 3.45. The molecule has 0 atom stereocenters. The normalized spacial score (nSPS) is 8.71. The van der Waals surface area contributed by atoms with Crippen LogP contribution in [-0.4, -0.2) is 13.2 Å². The number of carboxylic acid groups (broad SMARTS) is 1. The van der Waals surface area contributed by atoms with Crippen molar-refractivity contribution in [2.45, 2.75) is 0 Å². The van der Waals surface area contributed by atoms with E-state index in [4.69, 9.17) is 16.3 Å². The number of halogens is 1. The van der Waals surface area contributed by atoms with Crippen LogP contribution in [0.1, 0.15) is 0 Å². The largest absolute Gasteiger partial charge is 0.530 e. The molecule has 0 radical (unpaired) electrons. The zero-order valence-corrected chi connectivity index (χ0v) is 8.59. The number of anilines is 1. The predicted octanol–water partition coefficient (Wildman–Crippen LogP) is 1.48. The molecule has 0 spiro atoms. The SMILES string of the molecule is COc1c(Cl)cccc1NC(=O)[O-].[NH4+]. The van der Waals surface area contributed by atoms with E-state index in [0.29, 0.717) is 5.02 Å². The summed E-state index contributed by atoms with van der Waals surface area (Å²) in [5.41, 5.74) is 0.273. The number of methoxy groups -OCH3 is 1. The van der Waals surface area contributed by atoms with Crippen LogP contribution in [0.25, 0.3) is 0 Å². The molecule has 5 nitrogen and oxygen atoms in total. The van der Waals surface area contributed by atoms with Crippen LogP contribution in [-0.2, 0) is 0 Å².